The monoisotopic (exact) mass is 150 g/mol. The van der Waals surface area contributed by atoms with Crippen LogP contribution >= 0.6 is 0 Å². The van der Waals surface area contributed by atoms with Crippen LogP contribution in [0.4, 0.5) is 0 Å². The zero-order valence-electron chi connectivity index (χ0n) is 8.02. The van der Waals surface area contributed by atoms with Crippen molar-refractivity contribution < 1.29 is 0 Å². The highest BCUT2D eigenvalue weighted by Gasteiger charge is 1.91. The number of hydrogen-bond donors (Lipinski definition) is 0. The minimum atomic E-state index is 1.08. The predicted octanol–water partition coefficient (Wildman–Crippen LogP) is 3.87. The lowest BCUT2D eigenvalue weighted by molar-refractivity contribution is 1.29. The van der Waals surface area contributed by atoms with Gasteiger partial charge in [-0.15, -0.1) is 0 Å². The average Bonchev–Trinajstić information content (AvgIpc) is 2.22. The zero-order valence-corrected chi connectivity index (χ0v) is 8.02. The summed E-state index contributed by atoms with van der Waals surface area (Å²) in [5, 5.41) is 0. The molecule has 0 aromatic carbocycles. The highest BCUT2D eigenvalue weighted by molar-refractivity contribution is 5.32. The quantitative estimate of drug-likeness (QED) is 0.492. The van der Waals surface area contributed by atoms with E-state index in [1.165, 1.54) is 11.1 Å². The predicted molar refractivity (Wildman–Crippen MR) is 52.6 cm³/mol. The fraction of sp³-hybridized carbons (Fsp3) is 0.455. The fourth-order valence-electron chi connectivity index (χ4n) is 0.828. The van der Waals surface area contributed by atoms with E-state index in [-0.39, 0.29) is 0 Å². The summed E-state index contributed by atoms with van der Waals surface area (Å²) in [5.74, 6) is 0. The van der Waals surface area contributed by atoms with Gasteiger partial charge in [-0.3, -0.25) is 0 Å². The van der Waals surface area contributed by atoms with Gasteiger partial charge in [0.15, 0.2) is 0 Å². The molecule has 0 heterocycles. The van der Waals surface area contributed by atoms with E-state index in [0.717, 1.165) is 6.42 Å². The van der Waals surface area contributed by atoms with Gasteiger partial charge in [-0.05, 0) is 25.8 Å². The van der Waals surface area contributed by atoms with Crippen LogP contribution in [-0.4, -0.2) is 0 Å². The van der Waals surface area contributed by atoms with Gasteiger partial charge < -0.3 is 0 Å². The van der Waals surface area contributed by atoms with Gasteiger partial charge >= 0.3 is 0 Å². The van der Waals surface area contributed by atoms with E-state index in [2.05, 4.69) is 38.2 Å². The standard InChI is InChI=1S/C9H12.C2H6/c1-8-6-4-3-5-7-9(8)2;1-2/h3-4,6-7H,5H2,1-2H3;1-2H3. The first-order valence-corrected chi connectivity index (χ1v) is 4.31. The van der Waals surface area contributed by atoms with Gasteiger partial charge in [0.05, 0.1) is 0 Å². The molecule has 0 aromatic heterocycles. The molecule has 0 fully saturated rings. The average molecular weight is 150 g/mol. The smallest absolute Gasteiger partial charge is 0.0160 e. The van der Waals surface area contributed by atoms with Crippen LogP contribution in [0.2, 0.25) is 0 Å². The Balaban J connectivity index is 0.000000461. The fourth-order valence-corrected chi connectivity index (χ4v) is 0.828. The summed E-state index contributed by atoms with van der Waals surface area (Å²) in [5.41, 5.74) is 2.78. The van der Waals surface area contributed by atoms with Crippen LogP contribution in [0, 0.1) is 0 Å². The van der Waals surface area contributed by atoms with Crippen LogP contribution in [0.3, 0.4) is 0 Å². The molecule has 0 unspecified atom stereocenters. The highest BCUT2D eigenvalue weighted by Crippen LogP contribution is 2.11. The van der Waals surface area contributed by atoms with Crippen LogP contribution < -0.4 is 0 Å². The van der Waals surface area contributed by atoms with Crippen molar-refractivity contribution in [2.45, 2.75) is 34.1 Å². The Morgan fingerprint density at radius 2 is 1.73 bits per heavy atom. The van der Waals surface area contributed by atoms with Gasteiger partial charge in [-0.25, -0.2) is 0 Å². The molecule has 0 N–H and O–H groups in total. The third kappa shape index (κ3) is 3.82. The Morgan fingerprint density at radius 3 is 2.36 bits per heavy atom. The molecule has 0 aliphatic heterocycles. The van der Waals surface area contributed by atoms with Crippen molar-refractivity contribution >= 4 is 0 Å². The SMILES string of the molecule is CC.CC1=CC=CCC=C1C. The van der Waals surface area contributed by atoms with Gasteiger partial charge in [0.25, 0.3) is 0 Å². The number of rotatable bonds is 0. The lowest BCUT2D eigenvalue weighted by Crippen LogP contribution is -1.74. The molecule has 0 atom stereocenters. The van der Waals surface area contributed by atoms with Crippen LogP contribution in [0.25, 0.3) is 0 Å². The Hall–Kier alpha value is -0.780. The van der Waals surface area contributed by atoms with Crippen molar-refractivity contribution in [2.24, 2.45) is 0 Å². The lowest BCUT2D eigenvalue weighted by atomic mass is 10.1. The maximum atomic E-state index is 2.25. The topological polar surface area (TPSA) is 0 Å². The molecular weight excluding hydrogens is 132 g/mol. The van der Waals surface area contributed by atoms with E-state index < -0.39 is 0 Å². The molecular formula is C11H18. The Kier molecular flexibility index (Phi) is 5.54. The van der Waals surface area contributed by atoms with Crippen LogP contribution in [0.15, 0.2) is 35.5 Å². The van der Waals surface area contributed by atoms with Gasteiger partial charge in [0.1, 0.15) is 0 Å². The first-order valence-electron chi connectivity index (χ1n) is 4.31. The summed E-state index contributed by atoms with van der Waals surface area (Å²) in [6.07, 6.45) is 9.76. The molecule has 0 heteroatoms. The van der Waals surface area contributed by atoms with Gasteiger partial charge in [0, 0.05) is 0 Å². The molecule has 0 bridgehead atoms. The Bertz CT molecular complexity index is 180. The molecule has 0 amide bonds. The zero-order chi connectivity index (χ0) is 8.69. The summed E-state index contributed by atoms with van der Waals surface area (Å²) in [4.78, 5) is 0. The van der Waals surface area contributed by atoms with Gasteiger partial charge in [-0.1, -0.05) is 43.7 Å². The molecule has 0 aromatic rings. The highest BCUT2D eigenvalue weighted by atomic mass is 14.0. The summed E-state index contributed by atoms with van der Waals surface area (Å²) in [6, 6.07) is 0. The van der Waals surface area contributed by atoms with Gasteiger partial charge in [-0.2, -0.15) is 0 Å². The van der Waals surface area contributed by atoms with Crippen molar-refractivity contribution in [3.8, 4) is 0 Å². The van der Waals surface area contributed by atoms with Crippen molar-refractivity contribution in [3.05, 3.63) is 35.5 Å². The second-order valence-electron chi connectivity index (χ2n) is 2.40. The Morgan fingerprint density at radius 1 is 1.09 bits per heavy atom. The third-order valence-electron chi connectivity index (χ3n) is 1.66. The Labute approximate surface area is 70.3 Å². The summed E-state index contributed by atoms with van der Waals surface area (Å²) < 4.78 is 0. The van der Waals surface area contributed by atoms with Crippen molar-refractivity contribution in [1.82, 2.24) is 0 Å². The lowest BCUT2D eigenvalue weighted by Gasteiger charge is -1.95. The van der Waals surface area contributed by atoms with Crippen molar-refractivity contribution in [2.75, 3.05) is 0 Å². The molecule has 62 valence electrons. The van der Waals surface area contributed by atoms with E-state index in [9.17, 15) is 0 Å². The molecule has 1 aliphatic carbocycles. The molecule has 0 radical (unpaired) electrons. The second kappa shape index (κ2) is 5.96. The molecule has 1 aliphatic rings. The van der Waals surface area contributed by atoms with Crippen LogP contribution in [-0.2, 0) is 0 Å². The van der Waals surface area contributed by atoms with E-state index in [1.807, 2.05) is 13.8 Å². The molecule has 0 nitrogen and oxygen atoms in total. The largest absolute Gasteiger partial charge is 0.0807 e. The van der Waals surface area contributed by atoms with Crippen LogP contribution in [0.1, 0.15) is 34.1 Å². The van der Waals surface area contributed by atoms with E-state index in [1.54, 1.807) is 0 Å². The minimum absolute atomic E-state index is 1.08. The van der Waals surface area contributed by atoms with Gasteiger partial charge in [0.2, 0.25) is 0 Å². The van der Waals surface area contributed by atoms with E-state index in [0.29, 0.717) is 0 Å². The number of allylic oxidation sites excluding steroid dienone is 6. The summed E-state index contributed by atoms with van der Waals surface area (Å²) >= 11 is 0. The first kappa shape index (κ1) is 10.2. The molecule has 0 spiro atoms. The molecule has 1 rings (SSSR count). The van der Waals surface area contributed by atoms with E-state index in [4.69, 9.17) is 0 Å². The minimum Gasteiger partial charge on any atom is -0.0807 e. The molecule has 0 saturated heterocycles. The summed E-state index contributed by atoms with van der Waals surface area (Å²) in [7, 11) is 0. The first-order chi connectivity index (χ1) is 5.30. The maximum Gasteiger partial charge on any atom is -0.0160 e. The third-order valence-corrected chi connectivity index (χ3v) is 1.66. The molecule has 0 saturated carbocycles. The van der Waals surface area contributed by atoms with Crippen LogP contribution in [0.5, 0.6) is 0 Å². The second-order valence-corrected chi connectivity index (χ2v) is 2.40. The number of hydrogen-bond acceptors (Lipinski definition) is 0. The van der Waals surface area contributed by atoms with E-state index >= 15 is 0 Å². The summed E-state index contributed by atoms with van der Waals surface area (Å²) in [6.45, 7) is 8.29. The maximum absolute atomic E-state index is 2.25. The van der Waals surface area contributed by atoms with Crippen molar-refractivity contribution in [1.29, 1.82) is 0 Å². The van der Waals surface area contributed by atoms with Crippen molar-refractivity contribution in [3.63, 3.8) is 0 Å². The normalized spacial score (nSPS) is 15.6. The molecule has 11 heavy (non-hydrogen) atoms.